The summed E-state index contributed by atoms with van der Waals surface area (Å²) in [6.45, 7) is 1.08. The fraction of sp³-hybridized carbons (Fsp3) is 0.182. The molecule has 1 saturated heterocycles. The van der Waals surface area contributed by atoms with E-state index in [9.17, 15) is 9.59 Å². The topological polar surface area (TPSA) is 72.5 Å². The summed E-state index contributed by atoms with van der Waals surface area (Å²) in [4.78, 5) is 26.5. The molecule has 0 radical (unpaired) electrons. The van der Waals surface area contributed by atoms with Crippen LogP contribution >= 0.6 is 11.6 Å². The minimum atomic E-state index is -0.306. The molecule has 4 aromatic rings. The SMILES string of the molecule is O=C1CCCN1c1ccc(Cn2nc3ccc(-c4ccc(Cl)cc4)nn3c2=O)cc1. The van der Waals surface area contributed by atoms with Gasteiger partial charge in [-0.05, 0) is 48.4 Å². The van der Waals surface area contributed by atoms with Crippen molar-refractivity contribution >= 4 is 28.8 Å². The van der Waals surface area contributed by atoms with Gasteiger partial charge in [-0.15, -0.1) is 5.10 Å². The van der Waals surface area contributed by atoms with E-state index in [1.54, 1.807) is 23.1 Å². The number of carbonyl (C=O) groups excluding carboxylic acids is 1. The Hall–Kier alpha value is -3.45. The van der Waals surface area contributed by atoms with Gasteiger partial charge in [0.2, 0.25) is 5.91 Å². The molecule has 0 bridgehead atoms. The van der Waals surface area contributed by atoms with Crippen LogP contribution in [0, 0.1) is 0 Å². The highest BCUT2D eigenvalue weighted by Crippen LogP contribution is 2.22. The third-order valence-electron chi connectivity index (χ3n) is 5.23. The highest BCUT2D eigenvalue weighted by Gasteiger charge is 2.21. The van der Waals surface area contributed by atoms with Crippen molar-refractivity contribution < 1.29 is 4.79 Å². The van der Waals surface area contributed by atoms with E-state index < -0.39 is 0 Å². The summed E-state index contributed by atoms with van der Waals surface area (Å²) in [5.41, 5.74) is 3.52. The molecule has 7 nitrogen and oxygen atoms in total. The maximum absolute atomic E-state index is 12.8. The first kappa shape index (κ1) is 18.6. The molecule has 2 aromatic carbocycles. The van der Waals surface area contributed by atoms with E-state index in [2.05, 4.69) is 10.2 Å². The van der Waals surface area contributed by atoms with Crippen molar-refractivity contribution in [2.24, 2.45) is 0 Å². The lowest BCUT2D eigenvalue weighted by Gasteiger charge is -2.15. The Labute approximate surface area is 177 Å². The molecule has 0 atom stereocenters. The summed E-state index contributed by atoms with van der Waals surface area (Å²) in [6.07, 6.45) is 1.49. The number of anilines is 1. The monoisotopic (exact) mass is 419 g/mol. The van der Waals surface area contributed by atoms with Crippen molar-refractivity contribution in [2.45, 2.75) is 19.4 Å². The second kappa shape index (κ2) is 7.42. The Morgan fingerprint density at radius 1 is 0.900 bits per heavy atom. The summed E-state index contributed by atoms with van der Waals surface area (Å²) < 4.78 is 2.70. The first-order chi connectivity index (χ1) is 14.6. The quantitative estimate of drug-likeness (QED) is 0.508. The summed E-state index contributed by atoms with van der Waals surface area (Å²) in [5, 5.41) is 9.48. The zero-order valence-electron chi connectivity index (χ0n) is 16.0. The molecular weight excluding hydrogens is 402 g/mol. The summed E-state index contributed by atoms with van der Waals surface area (Å²) >= 11 is 5.95. The van der Waals surface area contributed by atoms with Crippen LogP contribution in [0.4, 0.5) is 5.69 Å². The normalized spacial score (nSPS) is 14.0. The molecule has 150 valence electrons. The Morgan fingerprint density at radius 2 is 1.67 bits per heavy atom. The van der Waals surface area contributed by atoms with Gasteiger partial charge in [-0.1, -0.05) is 35.9 Å². The lowest BCUT2D eigenvalue weighted by Crippen LogP contribution is -2.24. The van der Waals surface area contributed by atoms with Crippen LogP contribution in [0.15, 0.2) is 65.5 Å². The second-order valence-corrected chi connectivity index (χ2v) is 7.69. The zero-order chi connectivity index (χ0) is 20.7. The van der Waals surface area contributed by atoms with E-state index in [-0.39, 0.29) is 11.6 Å². The number of aromatic nitrogens is 4. The Bertz CT molecular complexity index is 1290. The number of fused-ring (bicyclic) bond motifs is 1. The number of benzene rings is 2. The number of halogens is 1. The highest BCUT2D eigenvalue weighted by molar-refractivity contribution is 6.30. The van der Waals surface area contributed by atoms with E-state index in [1.807, 2.05) is 42.5 Å². The number of nitrogens with zero attached hydrogens (tertiary/aromatic N) is 5. The van der Waals surface area contributed by atoms with E-state index in [4.69, 9.17) is 11.6 Å². The van der Waals surface area contributed by atoms with Crippen LogP contribution in [-0.4, -0.2) is 31.8 Å². The van der Waals surface area contributed by atoms with Crippen molar-refractivity contribution in [3.8, 4) is 11.3 Å². The molecule has 0 spiro atoms. The summed E-state index contributed by atoms with van der Waals surface area (Å²) in [5.74, 6) is 0.155. The largest absolute Gasteiger partial charge is 0.367 e. The van der Waals surface area contributed by atoms with E-state index in [0.717, 1.165) is 29.8 Å². The molecule has 0 aliphatic carbocycles. The standard InChI is InChI=1S/C22H18ClN5O2/c23-17-7-5-16(6-8-17)19-11-12-20-25-27(22(30)28(20)24-19)14-15-3-9-18(10-4-15)26-13-1-2-21(26)29/h3-12H,1-2,13-14H2. The molecule has 3 heterocycles. The molecule has 1 aliphatic rings. The third kappa shape index (κ3) is 3.37. The predicted molar refractivity (Wildman–Crippen MR) is 115 cm³/mol. The molecule has 2 aromatic heterocycles. The number of carbonyl (C=O) groups is 1. The van der Waals surface area contributed by atoms with Crippen molar-refractivity contribution in [3.63, 3.8) is 0 Å². The average molecular weight is 420 g/mol. The van der Waals surface area contributed by atoms with Gasteiger partial charge in [0.25, 0.3) is 0 Å². The minimum Gasteiger partial charge on any atom is -0.312 e. The van der Waals surface area contributed by atoms with Gasteiger partial charge in [-0.3, -0.25) is 4.79 Å². The van der Waals surface area contributed by atoms with Gasteiger partial charge in [0.05, 0.1) is 12.2 Å². The van der Waals surface area contributed by atoms with Crippen LogP contribution in [0.1, 0.15) is 18.4 Å². The Kier molecular flexibility index (Phi) is 4.59. The van der Waals surface area contributed by atoms with Gasteiger partial charge in [-0.25, -0.2) is 9.48 Å². The number of rotatable bonds is 4. The molecule has 30 heavy (non-hydrogen) atoms. The zero-order valence-corrected chi connectivity index (χ0v) is 16.8. The molecule has 0 saturated carbocycles. The molecule has 1 aliphatic heterocycles. The Balaban J connectivity index is 1.42. The molecule has 0 N–H and O–H groups in total. The number of hydrogen-bond acceptors (Lipinski definition) is 4. The van der Waals surface area contributed by atoms with Crippen LogP contribution in [0.3, 0.4) is 0 Å². The maximum atomic E-state index is 12.8. The van der Waals surface area contributed by atoms with E-state index in [0.29, 0.717) is 29.3 Å². The fourth-order valence-electron chi connectivity index (χ4n) is 3.66. The Morgan fingerprint density at radius 3 is 2.37 bits per heavy atom. The van der Waals surface area contributed by atoms with Crippen LogP contribution in [-0.2, 0) is 11.3 Å². The van der Waals surface area contributed by atoms with Crippen molar-refractivity contribution in [1.82, 2.24) is 19.4 Å². The predicted octanol–water partition coefficient (Wildman–Crippen LogP) is 3.39. The minimum absolute atomic E-state index is 0.155. The van der Waals surface area contributed by atoms with Gasteiger partial charge in [-0.2, -0.15) is 9.61 Å². The maximum Gasteiger partial charge on any atom is 0.367 e. The van der Waals surface area contributed by atoms with Crippen LogP contribution in [0.2, 0.25) is 5.02 Å². The number of amides is 1. The van der Waals surface area contributed by atoms with E-state index >= 15 is 0 Å². The van der Waals surface area contributed by atoms with Gasteiger partial charge < -0.3 is 4.90 Å². The first-order valence-corrected chi connectivity index (χ1v) is 10.1. The van der Waals surface area contributed by atoms with Gasteiger partial charge in [0, 0.05) is 29.2 Å². The number of hydrogen-bond donors (Lipinski definition) is 0. The lowest BCUT2D eigenvalue weighted by atomic mass is 10.1. The molecule has 8 heteroatoms. The van der Waals surface area contributed by atoms with Gasteiger partial charge >= 0.3 is 5.69 Å². The van der Waals surface area contributed by atoms with Crippen molar-refractivity contribution in [1.29, 1.82) is 0 Å². The summed E-state index contributed by atoms with van der Waals surface area (Å²) in [6, 6.07) is 18.6. The molecule has 5 rings (SSSR count). The smallest absolute Gasteiger partial charge is 0.312 e. The fourth-order valence-corrected chi connectivity index (χ4v) is 3.79. The average Bonchev–Trinajstić information content (AvgIpc) is 3.32. The molecule has 0 unspecified atom stereocenters. The lowest BCUT2D eigenvalue weighted by molar-refractivity contribution is -0.117. The van der Waals surface area contributed by atoms with Crippen LogP contribution in [0.25, 0.3) is 16.9 Å². The molecule has 1 fully saturated rings. The van der Waals surface area contributed by atoms with E-state index in [1.165, 1.54) is 9.20 Å². The molecular formula is C22H18ClN5O2. The highest BCUT2D eigenvalue weighted by atomic mass is 35.5. The van der Waals surface area contributed by atoms with Gasteiger partial charge in [0.1, 0.15) is 0 Å². The molecule has 1 amide bonds. The van der Waals surface area contributed by atoms with Gasteiger partial charge in [0.15, 0.2) is 5.65 Å². The van der Waals surface area contributed by atoms with Crippen LogP contribution in [0.5, 0.6) is 0 Å². The van der Waals surface area contributed by atoms with Crippen molar-refractivity contribution in [2.75, 3.05) is 11.4 Å². The van der Waals surface area contributed by atoms with Crippen molar-refractivity contribution in [3.05, 3.63) is 81.7 Å². The summed E-state index contributed by atoms with van der Waals surface area (Å²) in [7, 11) is 0. The first-order valence-electron chi connectivity index (χ1n) is 9.71. The third-order valence-corrected chi connectivity index (χ3v) is 5.49. The van der Waals surface area contributed by atoms with Crippen LogP contribution < -0.4 is 10.6 Å². The second-order valence-electron chi connectivity index (χ2n) is 7.25.